The maximum Gasteiger partial charge on any atom is 0.254 e. The van der Waals surface area contributed by atoms with Crippen molar-refractivity contribution in [3.63, 3.8) is 0 Å². The van der Waals surface area contributed by atoms with Gasteiger partial charge < -0.3 is 4.90 Å². The maximum absolute atomic E-state index is 12.5. The lowest BCUT2D eigenvalue weighted by Gasteiger charge is -2.25. The average molecular weight is 331 g/mol. The van der Waals surface area contributed by atoms with E-state index in [9.17, 15) is 4.79 Å². The van der Waals surface area contributed by atoms with E-state index in [0.717, 1.165) is 28.6 Å². The number of hydrogen-bond acceptors (Lipinski definition) is 1. The predicted molar refractivity (Wildman–Crippen MR) is 78.2 cm³/mol. The van der Waals surface area contributed by atoms with Crippen molar-refractivity contribution in [2.24, 2.45) is 5.92 Å². The molecule has 1 aliphatic heterocycles. The zero-order valence-corrected chi connectivity index (χ0v) is 13.0. The van der Waals surface area contributed by atoms with Crippen molar-refractivity contribution in [2.75, 3.05) is 12.4 Å². The fourth-order valence-corrected chi connectivity index (χ4v) is 3.16. The second-order valence-corrected chi connectivity index (χ2v) is 6.11. The van der Waals surface area contributed by atoms with Gasteiger partial charge in [-0.3, -0.25) is 4.79 Å². The van der Waals surface area contributed by atoms with Gasteiger partial charge >= 0.3 is 0 Å². The molecule has 4 heteroatoms. The SMILES string of the molecule is Cc1cc(C(=O)N2CCC(C)C2CCl)ccc1Br. The van der Waals surface area contributed by atoms with E-state index in [1.165, 1.54) is 0 Å². The number of aryl methyl sites for hydroxylation is 1. The number of likely N-dealkylation sites (tertiary alicyclic amines) is 1. The summed E-state index contributed by atoms with van der Waals surface area (Å²) in [7, 11) is 0. The highest BCUT2D eigenvalue weighted by Gasteiger charge is 2.34. The minimum Gasteiger partial charge on any atom is -0.334 e. The smallest absolute Gasteiger partial charge is 0.254 e. The predicted octanol–water partition coefficient (Wildman–Crippen LogP) is 3.85. The van der Waals surface area contributed by atoms with Crippen LogP contribution in [0.4, 0.5) is 0 Å². The molecule has 1 aromatic carbocycles. The fraction of sp³-hybridized carbons (Fsp3) is 0.500. The molecule has 0 aromatic heterocycles. The largest absolute Gasteiger partial charge is 0.334 e. The monoisotopic (exact) mass is 329 g/mol. The minimum absolute atomic E-state index is 0.0978. The number of halogens is 2. The Bertz CT molecular complexity index is 463. The first-order chi connectivity index (χ1) is 8.54. The van der Waals surface area contributed by atoms with Gasteiger partial charge in [-0.15, -0.1) is 11.6 Å². The number of nitrogens with zero attached hydrogens (tertiary/aromatic N) is 1. The number of rotatable bonds is 2. The fourth-order valence-electron chi connectivity index (χ4n) is 2.44. The topological polar surface area (TPSA) is 20.3 Å². The molecule has 98 valence electrons. The first-order valence-electron chi connectivity index (χ1n) is 6.17. The molecule has 1 saturated heterocycles. The standard InChI is InChI=1S/C14H17BrClNO/c1-9-5-6-17(13(9)8-16)14(18)11-3-4-12(15)10(2)7-11/h3-4,7,9,13H,5-6,8H2,1-2H3. The molecule has 1 heterocycles. The molecule has 2 unspecified atom stereocenters. The van der Waals surface area contributed by atoms with Crippen LogP contribution in [0.15, 0.2) is 22.7 Å². The molecular formula is C14H17BrClNO. The first kappa shape index (κ1) is 13.9. The lowest BCUT2D eigenvalue weighted by Crippen LogP contribution is -2.38. The van der Waals surface area contributed by atoms with Crippen LogP contribution < -0.4 is 0 Å². The molecule has 0 saturated carbocycles. The highest BCUT2D eigenvalue weighted by atomic mass is 79.9. The Hall–Kier alpha value is -0.540. The molecule has 2 rings (SSSR count). The van der Waals surface area contributed by atoms with Gasteiger partial charge in [-0.25, -0.2) is 0 Å². The maximum atomic E-state index is 12.5. The summed E-state index contributed by atoms with van der Waals surface area (Å²) in [6, 6.07) is 5.90. The molecular weight excluding hydrogens is 314 g/mol. The third-order valence-electron chi connectivity index (χ3n) is 3.71. The van der Waals surface area contributed by atoms with E-state index in [4.69, 9.17) is 11.6 Å². The van der Waals surface area contributed by atoms with Crippen LogP contribution >= 0.6 is 27.5 Å². The Labute approximate surface area is 121 Å². The van der Waals surface area contributed by atoms with E-state index in [-0.39, 0.29) is 11.9 Å². The van der Waals surface area contributed by atoms with Crippen LogP contribution in [-0.2, 0) is 0 Å². The lowest BCUT2D eigenvalue weighted by molar-refractivity contribution is 0.0737. The Morgan fingerprint density at radius 1 is 1.56 bits per heavy atom. The van der Waals surface area contributed by atoms with Gasteiger partial charge in [0.15, 0.2) is 0 Å². The highest BCUT2D eigenvalue weighted by molar-refractivity contribution is 9.10. The molecule has 0 radical (unpaired) electrons. The van der Waals surface area contributed by atoms with Crippen molar-refractivity contribution in [3.8, 4) is 0 Å². The van der Waals surface area contributed by atoms with E-state index < -0.39 is 0 Å². The number of benzene rings is 1. The Balaban J connectivity index is 2.23. The molecule has 1 fully saturated rings. The summed E-state index contributed by atoms with van der Waals surface area (Å²) in [5, 5.41) is 0. The van der Waals surface area contributed by atoms with Gasteiger partial charge in [0.05, 0.1) is 0 Å². The van der Waals surface area contributed by atoms with E-state index in [1.54, 1.807) is 0 Å². The summed E-state index contributed by atoms with van der Waals surface area (Å²) in [6.07, 6.45) is 1.04. The molecule has 1 amide bonds. The van der Waals surface area contributed by atoms with Gasteiger partial charge in [0, 0.05) is 28.5 Å². The van der Waals surface area contributed by atoms with Crippen molar-refractivity contribution in [1.29, 1.82) is 0 Å². The minimum atomic E-state index is 0.0978. The molecule has 0 aliphatic carbocycles. The van der Waals surface area contributed by atoms with E-state index >= 15 is 0 Å². The number of carbonyl (C=O) groups is 1. The van der Waals surface area contributed by atoms with Crippen LogP contribution in [-0.4, -0.2) is 29.3 Å². The van der Waals surface area contributed by atoms with Crippen molar-refractivity contribution >= 4 is 33.4 Å². The normalized spacial score (nSPS) is 23.4. The van der Waals surface area contributed by atoms with Crippen molar-refractivity contribution in [1.82, 2.24) is 4.90 Å². The summed E-state index contributed by atoms with van der Waals surface area (Å²) >= 11 is 9.44. The summed E-state index contributed by atoms with van der Waals surface area (Å²) < 4.78 is 1.03. The van der Waals surface area contributed by atoms with Gasteiger partial charge in [-0.05, 0) is 43.0 Å². The molecule has 18 heavy (non-hydrogen) atoms. The summed E-state index contributed by atoms with van der Waals surface area (Å²) in [5.74, 6) is 1.10. The molecule has 2 atom stereocenters. The zero-order chi connectivity index (χ0) is 13.3. The third-order valence-corrected chi connectivity index (χ3v) is 4.91. The average Bonchev–Trinajstić information content (AvgIpc) is 2.73. The van der Waals surface area contributed by atoms with Crippen molar-refractivity contribution < 1.29 is 4.79 Å². The number of alkyl halides is 1. The van der Waals surface area contributed by atoms with E-state index in [1.807, 2.05) is 30.0 Å². The van der Waals surface area contributed by atoms with Crippen LogP contribution in [0.3, 0.4) is 0 Å². The summed E-state index contributed by atoms with van der Waals surface area (Å²) in [4.78, 5) is 14.4. The second-order valence-electron chi connectivity index (χ2n) is 4.95. The van der Waals surface area contributed by atoms with Crippen molar-refractivity contribution in [2.45, 2.75) is 26.3 Å². The first-order valence-corrected chi connectivity index (χ1v) is 7.50. The van der Waals surface area contributed by atoms with Crippen LogP contribution in [0, 0.1) is 12.8 Å². The van der Waals surface area contributed by atoms with E-state index in [0.29, 0.717) is 11.8 Å². The van der Waals surface area contributed by atoms with Crippen molar-refractivity contribution in [3.05, 3.63) is 33.8 Å². The summed E-state index contributed by atoms with van der Waals surface area (Å²) in [6.45, 7) is 4.96. The van der Waals surface area contributed by atoms with Gasteiger partial charge in [0.1, 0.15) is 0 Å². The molecule has 0 N–H and O–H groups in total. The zero-order valence-electron chi connectivity index (χ0n) is 10.6. The third kappa shape index (κ3) is 2.57. The second kappa shape index (κ2) is 5.62. The number of amides is 1. The van der Waals surface area contributed by atoms with Crippen LogP contribution in [0.25, 0.3) is 0 Å². The molecule has 0 spiro atoms. The number of hydrogen-bond donors (Lipinski definition) is 0. The summed E-state index contributed by atoms with van der Waals surface area (Å²) in [5.41, 5.74) is 1.83. The quantitative estimate of drug-likeness (QED) is 0.754. The molecule has 1 aromatic rings. The lowest BCUT2D eigenvalue weighted by atomic mass is 10.0. The van der Waals surface area contributed by atoms with Gasteiger partial charge in [0.25, 0.3) is 5.91 Å². The van der Waals surface area contributed by atoms with Gasteiger partial charge in [-0.1, -0.05) is 22.9 Å². The Morgan fingerprint density at radius 3 is 2.89 bits per heavy atom. The van der Waals surface area contributed by atoms with Gasteiger partial charge in [0.2, 0.25) is 0 Å². The molecule has 1 aliphatic rings. The van der Waals surface area contributed by atoms with Crippen LogP contribution in [0.5, 0.6) is 0 Å². The molecule has 2 nitrogen and oxygen atoms in total. The highest BCUT2D eigenvalue weighted by Crippen LogP contribution is 2.27. The van der Waals surface area contributed by atoms with Gasteiger partial charge in [-0.2, -0.15) is 0 Å². The Morgan fingerprint density at radius 2 is 2.28 bits per heavy atom. The van der Waals surface area contributed by atoms with Crippen LogP contribution in [0.1, 0.15) is 29.3 Å². The Kier molecular flexibility index (Phi) is 4.33. The van der Waals surface area contributed by atoms with E-state index in [2.05, 4.69) is 22.9 Å². The number of carbonyl (C=O) groups excluding carboxylic acids is 1. The molecule has 0 bridgehead atoms. The van der Waals surface area contributed by atoms with Crippen LogP contribution in [0.2, 0.25) is 0 Å².